The van der Waals surface area contributed by atoms with E-state index in [4.69, 9.17) is 5.11 Å². The van der Waals surface area contributed by atoms with Crippen LogP contribution in [0.4, 0.5) is 10.1 Å². The lowest BCUT2D eigenvalue weighted by Gasteiger charge is -2.04. The Morgan fingerprint density at radius 3 is 2.76 bits per heavy atom. The van der Waals surface area contributed by atoms with Crippen molar-refractivity contribution in [1.29, 1.82) is 0 Å². The van der Waals surface area contributed by atoms with Crippen LogP contribution in [0.2, 0.25) is 0 Å². The number of nitro groups is 1. The zero-order chi connectivity index (χ0) is 12.8. The number of carbonyl (C=O) groups excluding carboxylic acids is 1. The van der Waals surface area contributed by atoms with Gasteiger partial charge in [0.2, 0.25) is 5.91 Å². The van der Waals surface area contributed by atoms with Crippen LogP contribution in [0, 0.1) is 15.9 Å². The van der Waals surface area contributed by atoms with Crippen LogP contribution in [0.25, 0.3) is 0 Å². The molecule has 0 bridgehead atoms. The van der Waals surface area contributed by atoms with Crippen molar-refractivity contribution < 1.29 is 19.2 Å². The Balaban J connectivity index is 2.60. The Hall–Kier alpha value is -2.02. The number of amides is 1. The second-order valence-corrected chi connectivity index (χ2v) is 3.29. The Kier molecular flexibility index (Phi) is 4.53. The molecule has 1 aromatic carbocycles. The van der Waals surface area contributed by atoms with Crippen molar-refractivity contribution in [1.82, 2.24) is 5.32 Å². The van der Waals surface area contributed by atoms with E-state index in [2.05, 4.69) is 5.32 Å². The number of hydrogen-bond acceptors (Lipinski definition) is 4. The first kappa shape index (κ1) is 13.0. The fraction of sp³-hybridized carbons (Fsp3) is 0.300. The molecule has 92 valence electrons. The van der Waals surface area contributed by atoms with Crippen molar-refractivity contribution in [2.45, 2.75) is 6.42 Å². The van der Waals surface area contributed by atoms with Gasteiger partial charge in [0.1, 0.15) is 12.4 Å². The van der Waals surface area contributed by atoms with Crippen LogP contribution in [0.1, 0.15) is 5.56 Å². The number of rotatable bonds is 5. The highest BCUT2D eigenvalue weighted by atomic mass is 19.1. The summed E-state index contributed by atoms with van der Waals surface area (Å²) in [5.74, 6) is -1.23. The van der Waals surface area contributed by atoms with Gasteiger partial charge in [0, 0.05) is 12.6 Å². The van der Waals surface area contributed by atoms with E-state index in [0.717, 1.165) is 6.07 Å². The van der Waals surface area contributed by atoms with Crippen molar-refractivity contribution in [3.63, 3.8) is 0 Å². The molecule has 0 aliphatic carbocycles. The normalized spacial score (nSPS) is 10.0. The number of carbonyl (C=O) groups is 1. The molecule has 0 unspecified atom stereocenters. The predicted octanol–water partition coefficient (Wildman–Crippen LogP) is 0.385. The third-order valence-electron chi connectivity index (χ3n) is 2.11. The van der Waals surface area contributed by atoms with Gasteiger partial charge in [0.15, 0.2) is 0 Å². The van der Waals surface area contributed by atoms with Crippen LogP contribution in [0.5, 0.6) is 0 Å². The van der Waals surface area contributed by atoms with Crippen LogP contribution in [-0.2, 0) is 11.2 Å². The molecule has 0 aliphatic rings. The topological polar surface area (TPSA) is 92.5 Å². The number of benzene rings is 1. The first-order valence-corrected chi connectivity index (χ1v) is 4.85. The Labute approximate surface area is 96.2 Å². The lowest BCUT2D eigenvalue weighted by molar-refractivity contribution is -0.385. The SMILES string of the molecule is O=C(CO)NCCc1ccc([N+](=O)[O-])cc1F. The van der Waals surface area contributed by atoms with Gasteiger partial charge in [0.25, 0.3) is 5.69 Å². The van der Waals surface area contributed by atoms with Crippen molar-refractivity contribution in [3.05, 3.63) is 39.7 Å². The number of non-ortho nitro benzene ring substituents is 1. The molecule has 6 nitrogen and oxygen atoms in total. The van der Waals surface area contributed by atoms with E-state index in [1.807, 2.05) is 0 Å². The van der Waals surface area contributed by atoms with E-state index in [1.54, 1.807) is 0 Å². The molecule has 0 saturated carbocycles. The van der Waals surface area contributed by atoms with E-state index in [1.165, 1.54) is 12.1 Å². The molecule has 0 aromatic heterocycles. The number of aliphatic hydroxyl groups is 1. The van der Waals surface area contributed by atoms with Gasteiger partial charge in [-0.15, -0.1) is 0 Å². The van der Waals surface area contributed by atoms with Gasteiger partial charge in [-0.05, 0) is 18.1 Å². The fourth-order valence-corrected chi connectivity index (χ4v) is 1.25. The summed E-state index contributed by atoms with van der Waals surface area (Å²) in [5, 5.41) is 21.1. The lowest BCUT2D eigenvalue weighted by Crippen LogP contribution is -2.28. The smallest absolute Gasteiger partial charge is 0.272 e. The summed E-state index contributed by atoms with van der Waals surface area (Å²) in [6, 6.07) is 3.34. The highest BCUT2D eigenvalue weighted by molar-refractivity contribution is 5.76. The summed E-state index contributed by atoms with van der Waals surface area (Å²) in [6.07, 6.45) is 0.204. The monoisotopic (exact) mass is 242 g/mol. The molecular formula is C10H11FN2O4. The van der Waals surface area contributed by atoms with E-state index < -0.39 is 23.3 Å². The minimum absolute atomic E-state index is 0.161. The van der Waals surface area contributed by atoms with Gasteiger partial charge in [-0.25, -0.2) is 4.39 Å². The predicted molar refractivity (Wildman–Crippen MR) is 56.9 cm³/mol. The second-order valence-electron chi connectivity index (χ2n) is 3.29. The number of halogens is 1. The summed E-state index contributed by atoms with van der Waals surface area (Å²) in [7, 11) is 0. The molecule has 0 heterocycles. The van der Waals surface area contributed by atoms with E-state index in [9.17, 15) is 19.3 Å². The van der Waals surface area contributed by atoms with E-state index in [0.29, 0.717) is 0 Å². The van der Waals surface area contributed by atoms with Crippen molar-refractivity contribution in [3.8, 4) is 0 Å². The van der Waals surface area contributed by atoms with Crippen LogP contribution < -0.4 is 5.32 Å². The molecule has 0 saturated heterocycles. The average molecular weight is 242 g/mol. The van der Waals surface area contributed by atoms with Crippen LogP contribution in [-0.4, -0.2) is 29.1 Å². The Morgan fingerprint density at radius 2 is 2.24 bits per heavy atom. The standard InChI is InChI=1S/C10H11FN2O4/c11-9-5-8(13(16)17)2-1-7(9)3-4-12-10(15)6-14/h1-2,5,14H,3-4,6H2,(H,12,15). The number of nitro benzene ring substituents is 1. The summed E-state index contributed by atoms with van der Waals surface area (Å²) in [5.41, 5.74) is -0.0421. The van der Waals surface area contributed by atoms with E-state index in [-0.39, 0.29) is 24.2 Å². The van der Waals surface area contributed by atoms with Gasteiger partial charge < -0.3 is 10.4 Å². The van der Waals surface area contributed by atoms with Crippen molar-refractivity contribution in [2.75, 3.05) is 13.2 Å². The summed E-state index contributed by atoms with van der Waals surface area (Å²) < 4.78 is 13.4. The largest absolute Gasteiger partial charge is 0.387 e. The average Bonchev–Trinajstić information content (AvgIpc) is 2.30. The third-order valence-corrected chi connectivity index (χ3v) is 2.11. The zero-order valence-corrected chi connectivity index (χ0v) is 8.85. The fourth-order valence-electron chi connectivity index (χ4n) is 1.25. The van der Waals surface area contributed by atoms with Crippen molar-refractivity contribution in [2.24, 2.45) is 0 Å². The lowest BCUT2D eigenvalue weighted by atomic mass is 10.1. The highest BCUT2D eigenvalue weighted by Gasteiger charge is 2.10. The first-order chi connectivity index (χ1) is 8.04. The number of nitrogens with zero attached hydrogens (tertiary/aromatic N) is 1. The van der Waals surface area contributed by atoms with Gasteiger partial charge in [-0.2, -0.15) is 0 Å². The molecule has 2 N–H and O–H groups in total. The maximum Gasteiger partial charge on any atom is 0.272 e. The summed E-state index contributed by atoms with van der Waals surface area (Å²) in [6.45, 7) is -0.461. The van der Waals surface area contributed by atoms with Crippen LogP contribution >= 0.6 is 0 Å². The molecule has 17 heavy (non-hydrogen) atoms. The van der Waals surface area contributed by atoms with Gasteiger partial charge in [0.05, 0.1) is 11.0 Å². The molecule has 0 atom stereocenters. The van der Waals surface area contributed by atoms with E-state index >= 15 is 0 Å². The third kappa shape index (κ3) is 3.80. The molecule has 7 heteroatoms. The van der Waals surface area contributed by atoms with Gasteiger partial charge in [-0.1, -0.05) is 0 Å². The van der Waals surface area contributed by atoms with Crippen LogP contribution in [0.15, 0.2) is 18.2 Å². The number of aliphatic hydroxyl groups excluding tert-OH is 1. The summed E-state index contributed by atoms with van der Waals surface area (Å²) >= 11 is 0. The molecule has 0 radical (unpaired) electrons. The van der Waals surface area contributed by atoms with Crippen molar-refractivity contribution >= 4 is 11.6 Å². The molecule has 1 rings (SSSR count). The molecule has 1 aromatic rings. The minimum Gasteiger partial charge on any atom is -0.387 e. The van der Waals surface area contributed by atoms with Gasteiger partial charge >= 0.3 is 0 Å². The minimum atomic E-state index is -0.683. The van der Waals surface area contributed by atoms with Crippen LogP contribution in [0.3, 0.4) is 0 Å². The number of hydrogen-bond donors (Lipinski definition) is 2. The zero-order valence-electron chi connectivity index (χ0n) is 8.85. The molecule has 1 amide bonds. The molecule has 0 spiro atoms. The van der Waals surface area contributed by atoms with Gasteiger partial charge in [-0.3, -0.25) is 14.9 Å². The quantitative estimate of drug-likeness (QED) is 0.576. The Bertz CT molecular complexity index is 436. The summed E-state index contributed by atoms with van der Waals surface area (Å²) in [4.78, 5) is 20.4. The first-order valence-electron chi connectivity index (χ1n) is 4.85. The molecule has 0 fully saturated rings. The number of nitrogens with one attached hydrogen (secondary N) is 1. The molecule has 0 aliphatic heterocycles. The maximum absolute atomic E-state index is 13.4. The second kappa shape index (κ2) is 5.90. The highest BCUT2D eigenvalue weighted by Crippen LogP contribution is 2.16. The Morgan fingerprint density at radius 1 is 1.53 bits per heavy atom. The molecular weight excluding hydrogens is 231 g/mol. The maximum atomic E-state index is 13.4.